The lowest BCUT2D eigenvalue weighted by atomic mass is 10.1. The zero-order valence-corrected chi connectivity index (χ0v) is 14.0. The topological polar surface area (TPSA) is 42.2 Å². The summed E-state index contributed by atoms with van der Waals surface area (Å²) < 4.78 is 4.38. The molecule has 3 nitrogen and oxygen atoms in total. The Morgan fingerprint density at radius 1 is 1.17 bits per heavy atom. The van der Waals surface area contributed by atoms with Crippen LogP contribution in [0.2, 0.25) is 0 Å². The van der Waals surface area contributed by atoms with Gasteiger partial charge in [-0.05, 0) is 24.3 Å². The largest absolute Gasteiger partial charge is 0.477 e. The molecule has 0 spiro atoms. The minimum Gasteiger partial charge on any atom is -0.477 e. The Hall–Kier alpha value is -0.590. The van der Waals surface area contributed by atoms with E-state index in [0.29, 0.717) is 0 Å². The van der Waals surface area contributed by atoms with Crippen molar-refractivity contribution in [1.29, 1.82) is 0 Å². The number of halogens is 3. The van der Waals surface area contributed by atoms with Gasteiger partial charge in [0, 0.05) is 26.0 Å². The molecule has 18 heavy (non-hydrogen) atoms. The molecule has 0 saturated heterocycles. The van der Waals surface area contributed by atoms with Gasteiger partial charge >= 0.3 is 5.97 Å². The van der Waals surface area contributed by atoms with Gasteiger partial charge in [0.15, 0.2) is 0 Å². The lowest BCUT2D eigenvalue weighted by Gasteiger charge is -2.10. The van der Waals surface area contributed by atoms with E-state index in [4.69, 9.17) is 5.11 Å². The summed E-state index contributed by atoms with van der Waals surface area (Å²) in [6.45, 7) is 0. The predicted octanol–water partition coefficient (Wildman–Crippen LogP) is 4.68. The number of carbonyl (C=O) groups is 1. The summed E-state index contributed by atoms with van der Waals surface area (Å²) in [6, 6.07) is 7.24. The molecule has 2 rings (SSSR count). The van der Waals surface area contributed by atoms with Crippen molar-refractivity contribution in [3.63, 3.8) is 0 Å². The van der Waals surface area contributed by atoms with Crippen LogP contribution in [0.5, 0.6) is 0 Å². The van der Waals surface area contributed by atoms with Crippen LogP contribution < -0.4 is 0 Å². The minimum atomic E-state index is -0.937. The van der Waals surface area contributed by atoms with Crippen LogP contribution in [0.25, 0.3) is 11.3 Å². The van der Waals surface area contributed by atoms with E-state index in [1.165, 1.54) is 0 Å². The van der Waals surface area contributed by atoms with E-state index in [1.54, 1.807) is 23.7 Å². The number of aromatic nitrogens is 1. The van der Waals surface area contributed by atoms with Crippen molar-refractivity contribution in [1.82, 2.24) is 4.57 Å². The summed E-state index contributed by atoms with van der Waals surface area (Å²) in [5, 5.41) is 9.06. The van der Waals surface area contributed by atoms with Gasteiger partial charge in [-0.3, -0.25) is 0 Å². The summed E-state index contributed by atoms with van der Waals surface area (Å²) in [5.41, 5.74) is 2.01. The van der Waals surface area contributed by atoms with Crippen LogP contribution in [0.1, 0.15) is 10.5 Å². The van der Waals surface area contributed by atoms with E-state index < -0.39 is 5.97 Å². The average Bonchev–Trinajstić information content (AvgIpc) is 2.59. The molecule has 0 radical (unpaired) electrons. The Balaban J connectivity index is 2.67. The van der Waals surface area contributed by atoms with Gasteiger partial charge in [-0.25, -0.2) is 4.79 Å². The van der Waals surface area contributed by atoms with Gasteiger partial charge in [0.1, 0.15) is 5.69 Å². The highest BCUT2D eigenvalue weighted by Crippen LogP contribution is 2.38. The molecule has 94 valence electrons. The molecule has 1 aromatic heterocycles. The SMILES string of the molecule is Cn1c(C(=O)O)ccc1-c1c(Br)cc(Br)cc1Br. The molecule has 1 N–H and O–H groups in total. The maximum Gasteiger partial charge on any atom is 0.352 e. The van der Waals surface area contributed by atoms with Crippen LogP contribution in [0, 0.1) is 0 Å². The first kappa shape index (κ1) is 13.8. The van der Waals surface area contributed by atoms with Crippen molar-refractivity contribution in [2.75, 3.05) is 0 Å². The highest BCUT2D eigenvalue weighted by molar-refractivity contribution is 9.11. The average molecular weight is 438 g/mol. The molecule has 6 heteroatoms. The summed E-state index contributed by atoms with van der Waals surface area (Å²) in [4.78, 5) is 11.0. The maximum atomic E-state index is 11.0. The molecule has 0 atom stereocenters. The summed E-state index contributed by atoms with van der Waals surface area (Å²) in [7, 11) is 1.74. The number of rotatable bonds is 2. The number of hydrogen-bond acceptors (Lipinski definition) is 1. The number of aromatic carboxylic acids is 1. The molecule has 0 aliphatic heterocycles. The first-order chi connectivity index (χ1) is 8.41. The van der Waals surface area contributed by atoms with E-state index in [0.717, 1.165) is 24.7 Å². The molecular formula is C12H8Br3NO2. The lowest BCUT2D eigenvalue weighted by Crippen LogP contribution is -2.05. The van der Waals surface area contributed by atoms with Crippen molar-refractivity contribution in [2.45, 2.75) is 0 Å². The fraction of sp³-hybridized carbons (Fsp3) is 0.0833. The zero-order chi connectivity index (χ0) is 13.4. The molecular weight excluding hydrogens is 430 g/mol. The van der Waals surface area contributed by atoms with E-state index in [-0.39, 0.29) is 5.69 Å². The normalized spacial score (nSPS) is 10.7. The molecule has 0 amide bonds. The first-order valence-corrected chi connectivity index (χ1v) is 7.33. The van der Waals surface area contributed by atoms with Crippen molar-refractivity contribution >= 4 is 53.8 Å². The minimum absolute atomic E-state index is 0.256. The van der Waals surface area contributed by atoms with Gasteiger partial charge in [-0.15, -0.1) is 0 Å². The van der Waals surface area contributed by atoms with E-state index >= 15 is 0 Å². The van der Waals surface area contributed by atoms with Gasteiger partial charge in [0.05, 0.1) is 5.69 Å². The van der Waals surface area contributed by atoms with Crippen LogP contribution >= 0.6 is 47.8 Å². The fourth-order valence-corrected chi connectivity index (χ4v) is 4.43. The number of carboxylic acids is 1. The summed E-state index contributed by atoms with van der Waals surface area (Å²) in [5.74, 6) is -0.937. The van der Waals surface area contributed by atoms with Crippen molar-refractivity contribution in [3.05, 3.63) is 43.4 Å². The van der Waals surface area contributed by atoms with Crippen LogP contribution in [0.15, 0.2) is 37.7 Å². The number of hydrogen-bond donors (Lipinski definition) is 1. The third-order valence-electron chi connectivity index (χ3n) is 2.60. The second-order valence-electron chi connectivity index (χ2n) is 3.71. The molecule has 2 aromatic rings. The van der Waals surface area contributed by atoms with E-state index in [2.05, 4.69) is 47.8 Å². The first-order valence-electron chi connectivity index (χ1n) is 4.95. The third kappa shape index (κ3) is 2.41. The zero-order valence-electron chi connectivity index (χ0n) is 9.25. The van der Waals surface area contributed by atoms with Crippen molar-refractivity contribution in [2.24, 2.45) is 7.05 Å². The van der Waals surface area contributed by atoms with Crippen LogP contribution in [0.4, 0.5) is 0 Å². The summed E-state index contributed by atoms with van der Waals surface area (Å²) in [6.07, 6.45) is 0. The Kier molecular flexibility index (Phi) is 3.99. The van der Waals surface area contributed by atoms with Crippen molar-refractivity contribution < 1.29 is 9.90 Å². The van der Waals surface area contributed by atoms with Gasteiger partial charge in [-0.2, -0.15) is 0 Å². The second-order valence-corrected chi connectivity index (χ2v) is 6.34. The molecule has 0 aliphatic carbocycles. The van der Waals surface area contributed by atoms with Crippen molar-refractivity contribution in [3.8, 4) is 11.3 Å². The molecule has 1 aromatic carbocycles. The molecule has 0 aliphatic rings. The van der Waals surface area contributed by atoms with E-state index in [1.807, 2.05) is 12.1 Å². The monoisotopic (exact) mass is 435 g/mol. The van der Waals surface area contributed by atoms with Gasteiger partial charge in [0.2, 0.25) is 0 Å². The number of nitrogens with zero attached hydrogens (tertiary/aromatic N) is 1. The van der Waals surface area contributed by atoms with Crippen LogP contribution in [0.3, 0.4) is 0 Å². The molecule has 0 saturated carbocycles. The number of benzene rings is 1. The van der Waals surface area contributed by atoms with Gasteiger partial charge in [0.25, 0.3) is 0 Å². The third-order valence-corrected chi connectivity index (χ3v) is 4.31. The molecule has 0 bridgehead atoms. The Morgan fingerprint density at radius 2 is 1.72 bits per heavy atom. The molecule has 1 heterocycles. The fourth-order valence-electron chi connectivity index (χ4n) is 1.76. The Bertz CT molecular complexity index is 611. The van der Waals surface area contributed by atoms with E-state index in [9.17, 15) is 4.79 Å². The Labute approximate surface area is 129 Å². The quantitative estimate of drug-likeness (QED) is 0.741. The maximum absolute atomic E-state index is 11.0. The standard InChI is InChI=1S/C12H8Br3NO2/c1-16-9(2-3-10(16)12(17)18)11-7(14)4-6(13)5-8(11)15/h2-5H,1H3,(H,17,18). The molecule has 0 fully saturated rings. The highest BCUT2D eigenvalue weighted by Gasteiger charge is 2.16. The number of carboxylic acid groups (broad SMARTS) is 1. The van der Waals surface area contributed by atoms with Gasteiger partial charge < -0.3 is 9.67 Å². The van der Waals surface area contributed by atoms with Crippen LogP contribution in [-0.4, -0.2) is 15.6 Å². The predicted molar refractivity (Wildman–Crippen MR) is 80.9 cm³/mol. The molecule has 0 unspecified atom stereocenters. The lowest BCUT2D eigenvalue weighted by molar-refractivity contribution is 0.0687. The van der Waals surface area contributed by atoms with Crippen LogP contribution in [-0.2, 0) is 7.05 Å². The smallest absolute Gasteiger partial charge is 0.352 e. The summed E-state index contributed by atoms with van der Waals surface area (Å²) >= 11 is 10.4. The van der Waals surface area contributed by atoms with Gasteiger partial charge in [-0.1, -0.05) is 47.8 Å². The Morgan fingerprint density at radius 3 is 2.17 bits per heavy atom. The second kappa shape index (κ2) is 5.19. The highest BCUT2D eigenvalue weighted by atomic mass is 79.9.